The van der Waals surface area contributed by atoms with Crippen LogP contribution in [0.4, 0.5) is 17.5 Å². The standard InChI is InChI=1S/C12H14N4/c1-8-3-4-9(2)10(7-8)15-11-5-6-14-12(13)16-11/h3-7H,1-2H3,(H3,13,14,15,16). The Morgan fingerprint density at radius 3 is 2.75 bits per heavy atom. The van der Waals surface area contributed by atoms with Crippen LogP contribution in [0.3, 0.4) is 0 Å². The zero-order valence-electron chi connectivity index (χ0n) is 9.36. The summed E-state index contributed by atoms with van der Waals surface area (Å²) in [6.07, 6.45) is 1.63. The molecule has 0 bridgehead atoms. The summed E-state index contributed by atoms with van der Waals surface area (Å²) in [5.74, 6) is 0.983. The third-order valence-electron chi connectivity index (χ3n) is 2.33. The number of aryl methyl sites for hydroxylation is 2. The van der Waals surface area contributed by atoms with Crippen LogP contribution in [-0.4, -0.2) is 9.97 Å². The second kappa shape index (κ2) is 4.18. The Hall–Kier alpha value is -2.10. The average molecular weight is 214 g/mol. The average Bonchev–Trinajstić information content (AvgIpc) is 2.24. The summed E-state index contributed by atoms with van der Waals surface area (Å²) in [7, 11) is 0. The lowest BCUT2D eigenvalue weighted by Gasteiger charge is -2.09. The van der Waals surface area contributed by atoms with Gasteiger partial charge in [-0.05, 0) is 37.1 Å². The van der Waals surface area contributed by atoms with E-state index in [4.69, 9.17) is 5.73 Å². The summed E-state index contributed by atoms with van der Waals surface area (Å²) >= 11 is 0. The summed E-state index contributed by atoms with van der Waals surface area (Å²) in [4.78, 5) is 7.94. The maximum absolute atomic E-state index is 5.52. The van der Waals surface area contributed by atoms with Gasteiger partial charge in [0.15, 0.2) is 0 Å². The van der Waals surface area contributed by atoms with E-state index in [2.05, 4.69) is 40.4 Å². The predicted octanol–water partition coefficient (Wildman–Crippen LogP) is 2.42. The Bertz CT molecular complexity index is 508. The number of rotatable bonds is 2. The smallest absolute Gasteiger partial charge is 0.221 e. The number of benzene rings is 1. The van der Waals surface area contributed by atoms with Crippen molar-refractivity contribution in [3.8, 4) is 0 Å². The number of aromatic nitrogens is 2. The van der Waals surface area contributed by atoms with Crippen molar-refractivity contribution in [1.29, 1.82) is 0 Å². The molecule has 4 heteroatoms. The first kappa shape index (κ1) is 10.4. The van der Waals surface area contributed by atoms with Crippen LogP contribution in [0, 0.1) is 13.8 Å². The maximum Gasteiger partial charge on any atom is 0.221 e. The largest absolute Gasteiger partial charge is 0.368 e. The SMILES string of the molecule is Cc1ccc(C)c(Nc2ccnc(N)n2)c1. The van der Waals surface area contributed by atoms with Gasteiger partial charge in [0.05, 0.1) is 0 Å². The predicted molar refractivity (Wildman–Crippen MR) is 65.6 cm³/mol. The topological polar surface area (TPSA) is 63.8 Å². The highest BCUT2D eigenvalue weighted by Crippen LogP contribution is 2.20. The lowest BCUT2D eigenvalue weighted by Crippen LogP contribution is -2.00. The lowest BCUT2D eigenvalue weighted by atomic mass is 10.1. The Kier molecular flexibility index (Phi) is 2.72. The first-order valence-electron chi connectivity index (χ1n) is 5.08. The lowest BCUT2D eigenvalue weighted by molar-refractivity contribution is 1.18. The molecule has 0 aliphatic rings. The summed E-state index contributed by atoms with van der Waals surface area (Å²) in [5, 5.41) is 3.22. The Morgan fingerprint density at radius 2 is 2.00 bits per heavy atom. The molecular weight excluding hydrogens is 200 g/mol. The molecule has 0 unspecified atom stereocenters. The molecule has 2 rings (SSSR count). The molecule has 0 atom stereocenters. The first-order valence-corrected chi connectivity index (χ1v) is 5.08. The van der Waals surface area contributed by atoms with Crippen molar-refractivity contribution in [2.75, 3.05) is 11.1 Å². The van der Waals surface area contributed by atoms with Crippen molar-refractivity contribution in [3.05, 3.63) is 41.6 Å². The summed E-state index contributed by atoms with van der Waals surface area (Å²) in [6, 6.07) is 8.02. The Labute approximate surface area is 94.5 Å². The molecule has 2 aromatic rings. The van der Waals surface area contributed by atoms with Gasteiger partial charge < -0.3 is 11.1 Å². The molecule has 0 fully saturated rings. The van der Waals surface area contributed by atoms with Crippen LogP contribution >= 0.6 is 0 Å². The molecule has 0 spiro atoms. The molecular formula is C12H14N4. The zero-order valence-corrected chi connectivity index (χ0v) is 9.36. The molecule has 16 heavy (non-hydrogen) atoms. The minimum absolute atomic E-state index is 0.273. The molecule has 82 valence electrons. The quantitative estimate of drug-likeness (QED) is 0.805. The molecule has 1 aromatic heterocycles. The maximum atomic E-state index is 5.52. The number of hydrogen-bond acceptors (Lipinski definition) is 4. The van der Waals surface area contributed by atoms with E-state index in [9.17, 15) is 0 Å². The molecule has 1 aromatic carbocycles. The van der Waals surface area contributed by atoms with Crippen molar-refractivity contribution >= 4 is 17.5 Å². The van der Waals surface area contributed by atoms with E-state index in [1.807, 2.05) is 6.92 Å². The minimum atomic E-state index is 0.273. The highest BCUT2D eigenvalue weighted by Gasteiger charge is 2.00. The summed E-state index contributed by atoms with van der Waals surface area (Å²) in [5.41, 5.74) is 8.93. The normalized spacial score (nSPS) is 10.1. The Morgan fingerprint density at radius 1 is 1.19 bits per heavy atom. The van der Waals surface area contributed by atoms with E-state index in [0.717, 1.165) is 5.69 Å². The van der Waals surface area contributed by atoms with Crippen molar-refractivity contribution in [3.63, 3.8) is 0 Å². The molecule has 0 saturated carbocycles. The number of nitrogens with one attached hydrogen (secondary N) is 1. The third kappa shape index (κ3) is 2.28. The van der Waals surface area contributed by atoms with Gasteiger partial charge in [-0.1, -0.05) is 12.1 Å². The van der Waals surface area contributed by atoms with Gasteiger partial charge in [0.25, 0.3) is 0 Å². The minimum Gasteiger partial charge on any atom is -0.368 e. The van der Waals surface area contributed by atoms with Crippen LogP contribution in [0.1, 0.15) is 11.1 Å². The monoisotopic (exact) mass is 214 g/mol. The third-order valence-corrected chi connectivity index (χ3v) is 2.33. The van der Waals surface area contributed by atoms with Gasteiger partial charge in [-0.3, -0.25) is 0 Å². The van der Waals surface area contributed by atoms with E-state index in [1.54, 1.807) is 12.3 Å². The number of anilines is 3. The molecule has 0 saturated heterocycles. The molecule has 0 aliphatic carbocycles. The fourth-order valence-corrected chi connectivity index (χ4v) is 1.45. The molecule has 0 aliphatic heterocycles. The highest BCUT2D eigenvalue weighted by atomic mass is 15.1. The molecule has 4 nitrogen and oxygen atoms in total. The van der Waals surface area contributed by atoms with Gasteiger partial charge in [0, 0.05) is 11.9 Å². The van der Waals surface area contributed by atoms with Gasteiger partial charge in [0.1, 0.15) is 5.82 Å². The van der Waals surface area contributed by atoms with Crippen LogP contribution in [0.5, 0.6) is 0 Å². The van der Waals surface area contributed by atoms with Crippen LogP contribution in [0.25, 0.3) is 0 Å². The van der Waals surface area contributed by atoms with Gasteiger partial charge in [-0.25, -0.2) is 4.98 Å². The fraction of sp³-hybridized carbons (Fsp3) is 0.167. The van der Waals surface area contributed by atoms with Gasteiger partial charge in [0.2, 0.25) is 5.95 Å². The summed E-state index contributed by atoms with van der Waals surface area (Å²) < 4.78 is 0. The van der Waals surface area contributed by atoms with E-state index < -0.39 is 0 Å². The van der Waals surface area contributed by atoms with Crippen LogP contribution in [-0.2, 0) is 0 Å². The molecule has 3 N–H and O–H groups in total. The fourth-order valence-electron chi connectivity index (χ4n) is 1.45. The van der Waals surface area contributed by atoms with E-state index >= 15 is 0 Å². The van der Waals surface area contributed by atoms with E-state index in [1.165, 1.54) is 11.1 Å². The van der Waals surface area contributed by atoms with Crippen molar-refractivity contribution in [2.45, 2.75) is 13.8 Å². The van der Waals surface area contributed by atoms with Crippen LogP contribution < -0.4 is 11.1 Å². The van der Waals surface area contributed by atoms with Crippen LogP contribution in [0.2, 0.25) is 0 Å². The molecule has 0 amide bonds. The van der Waals surface area contributed by atoms with Crippen molar-refractivity contribution in [2.24, 2.45) is 0 Å². The van der Waals surface area contributed by atoms with Crippen molar-refractivity contribution < 1.29 is 0 Å². The second-order valence-corrected chi connectivity index (χ2v) is 3.74. The molecule has 0 radical (unpaired) electrons. The highest BCUT2D eigenvalue weighted by molar-refractivity contribution is 5.61. The first-order chi connectivity index (χ1) is 7.65. The number of nitrogens with two attached hydrogens (primary N) is 1. The van der Waals surface area contributed by atoms with Gasteiger partial charge in [-0.2, -0.15) is 4.98 Å². The molecule has 1 heterocycles. The van der Waals surface area contributed by atoms with Crippen LogP contribution in [0.15, 0.2) is 30.5 Å². The van der Waals surface area contributed by atoms with Gasteiger partial charge >= 0.3 is 0 Å². The summed E-state index contributed by atoms with van der Waals surface area (Å²) in [6.45, 7) is 4.10. The second-order valence-electron chi connectivity index (χ2n) is 3.74. The Balaban J connectivity index is 2.30. The van der Waals surface area contributed by atoms with E-state index in [-0.39, 0.29) is 5.95 Å². The number of hydrogen-bond donors (Lipinski definition) is 2. The van der Waals surface area contributed by atoms with Crippen molar-refractivity contribution in [1.82, 2.24) is 9.97 Å². The zero-order chi connectivity index (χ0) is 11.5. The number of nitrogens with zero attached hydrogens (tertiary/aromatic N) is 2. The number of nitrogen functional groups attached to an aromatic ring is 1. The van der Waals surface area contributed by atoms with E-state index in [0.29, 0.717) is 5.82 Å². The van der Waals surface area contributed by atoms with Gasteiger partial charge in [-0.15, -0.1) is 0 Å².